The van der Waals surface area contributed by atoms with Crippen molar-refractivity contribution in [1.82, 2.24) is 0 Å². The summed E-state index contributed by atoms with van der Waals surface area (Å²) in [7, 11) is 0. The fraction of sp³-hybridized carbons (Fsp3) is 0.136. The average Bonchev–Trinajstić information content (AvgIpc) is 2.62. The van der Waals surface area contributed by atoms with E-state index in [1.54, 1.807) is 0 Å². The maximum atomic E-state index is 11.2. The van der Waals surface area contributed by atoms with E-state index >= 15 is 0 Å². The predicted molar refractivity (Wildman–Crippen MR) is 98.7 cm³/mol. The zero-order chi connectivity index (χ0) is 17.6. The summed E-state index contributed by atoms with van der Waals surface area (Å²) in [5, 5.41) is 9.20. The highest BCUT2D eigenvalue weighted by Gasteiger charge is 2.13. The Morgan fingerprint density at radius 1 is 0.920 bits per heavy atom. The summed E-state index contributed by atoms with van der Waals surface area (Å²) < 4.78 is 6.03. The molecule has 0 saturated heterocycles. The Balaban J connectivity index is 1.95. The second-order valence-corrected chi connectivity index (χ2v) is 6.00. The van der Waals surface area contributed by atoms with Gasteiger partial charge in [0.1, 0.15) is 12.4 Å². The van der Waals surface area contributed by atoms with Gasteiger partial charge < -0.3 is 9.84 Å². The molecule has 0 aliphatic rings. The largest absolute Gasteiger partial charge is 0.488 e. The van der Waals surface area contributed by atoms with Crippen LogP contribution in [0, 0.1) is 6.92 Å². The molecule has 0 atom stereocenters. The van der Waals surface area contributed by atoms with Gasteiger partial charge in [-0.3, -0.25) is 4.79 Å². The number of aryl methyl sites for hydroxylation is 1. The first kappa shape index (κ1) is 16.8. The fourth-order valence-corrected chi connectivity index (χ4v) is 2.81. The van der Waals surface area contributed by atoms with Crippen molar-refractivity contribution >= 4 is 5.97 Å². The van der Waals surface area contributed by atoms with E-state index in [0.29, 0.717) is 6.61 Å². The second kappa shape index (κ2) is 7.67. The Bertz CT molecular complexity index is 869. The van der Waals surface area contributed by atoms with E-state index in [0.717, 1.165) is 33.6 Å². The van der Waals surface area contributed by atoms with Crippen molar-refractivity contribution < 1.29 is 14.6 Å². The molecule has 0 aliphatic heterocycles. The predicted octanol–water partition coefficient (Wildman–Crippen LogP) is 4.87. The summed E-state index contributed by atoms with van der Waals surface area (Å²) >= 11 is 0. The molecule has 0 bridgehead atoms. The summed E-state index contributed by atoms with van der Waals surface area (Å²) in [4.78, 5) is 11.2. The average molecular weight is 332 g/mol. The SMILES string of the molecule is Cc1ccc(CC(=O)O)c(-c2ccccc2OCc2ccccc2)c1. The Labute approximate surface area is 147 Å². The third-order valence-corrected chi connectivity index (χ3v) is 4.02. The normalized spacial score (nSPS) is 10.4. The highest BCUT2D eigenvalue weighted by atomic mass is 16.5. The maximum Gasteiger partial charge on any atom is 0.307 e. The fourth-order valence-electron chi connectivity index (χ4n) is 2.81. The maximum absolute atomic E-state index is 11.2. The molecule has 0 spiro atoms. The van der Waals surface area contributed by atoms with Crippen LogP contribution >= 0.6 is 0 Å². The standard InChI is InChI=1S/C22H20O3/c1-16-11-12-18(14-22(23)24)20(13-16)19-9-5-6-10-21(19)25-15-17-7-3-2-4-8-17/h2-13H,14-15H2,1H3,(H,23,24). The van der Waals surface area contributed by atoms with Crippen LogP contribution in [0.2, 0.25) is 0 Å². The summed E-state index contributed by atoms with van der Waals surface area (Å²) in [5.41, 5.74) is 4.78. The highest BCUT2D eigenvalue weighted by Crippen LogP contribution is 2.33. The van der Waals surface area contributed by atoms with Crippen LogP contribution in [-0.4, -0.2) is 11.1 Å². The Kier molecular flexibility index (Phi) is 5.14. The molecule has 3 aromatic rings. The van der Waals surface area contributed by atoms with Crippen LogP contribution in [0.3, 0.4) is 0 Å². The molecule has 0 fully saturated rings. The van der Waals surface area contributed by atoms with E-state index in [9.17, 15) is 9.90 Å². The molecule has 0 heterocycles. The van der Waals surface area contributed by atoms with Crippen LogP contribution in [0.1, 0.15) is 16.7 Å². The number of carboxylic acid groups (broad SMARTS) is 1. The monoisotopic (exact) mass is 332 g/mol. The van der Waals surface area contributed by atoms with Crippen LogP contribution in [0.25, 0.3) is 11.1 Å². The van der Waals surface area contributed by atoms with Gasteiger partial charge in [-0.2, -0.15) is 0 Å². The lowest BCUT2D eigenvalue weighted by Gasteiger charge is -2.15. The van der Waals surface area contributed by atoms with Crippen molar-refractivity contribution in [3.05, 3.63) is 89.5 Å². The lowest BCUT2D eigenvalue weighted by atomic mass is 9.95. The van der Waals surface area contributed by atoms with Gasteiger partial charge >= 0.3 is 5.97 Å². The summed E-state index contributed by atoms with van der Waals surface area (Å²) in [6, 6.07) is 23.6. The van der Waals surface area contributed by atoms with Gasteiger partial charge in [-0.15, -0.1) is 0 Å². The van der Waals surface area contributed by atoms with Crippen molar-refractivity contribution in [3.63, 3.8) is 0 Å². The number of ether oxygens (including phenoxy) is 1. The molecule has 0 aromatic heterocycles. The third-order valence-electron chi connectivity index (χ3n) is 4.02. The Morgan fingerprint density at radius 2 is 1.64 bits per heavy atom. The zero-order valence-corrected chi connectivity index (χ0v) is 14.1. The molecular weight excluding hydrogens is 312 g/mol. The summed E-state index contributed by atoms with van der Waals surface area (Å²) in [6.07, 6.45) is -0.0113. The first-order valence-electron chi connectivity index (χ1n) is 8.21. The first-order valence-corrected chi connectivity index (χ1v) is 8.21. The minimum atomic E-state index is -0.840. The smallest absolute Gasteiger partial charge is 0.307 e. The van der Waals surface area contributed by atoms with Gasteiger partial charge in [0.05, 0.1) is 6.42 Å². The van der Waals surface area contributed by atoms with Gasteiger partial charge in [0.15, 0.2) is 0 Å². The van der Waals surface area contributed by atoms with Crippen molar-refractivity contribution in [1.29, 1.82) is 0 Å². The number of hydrogen-bond acceptors (Lipinski definition) is 2. The van der Waals surface area contributed by atoms with Crippen LogP contribution < -0.4 is 4.74 Å². The molecule has 3 aromatic carbocycles. The zero-order valence-electron chi connectivity index (χ0n) is 14.1. The topological polar surface area (TPSA) is 46.5 Å². The van der Waals surface area contributed by atoms with E-state index in [2.05, 4.69) is 0 Å². The van der Waals surface area contributed by atoms with E-state index < -0.39 is 5.97 Å². The lowest BCUT2D eigenvalue weighted by molar-refractivity contribution is -0.136. The Hall–Kier alpha value is -3.07. The quantitative estimate of drug-likeness (QED) is 0.700. The number of benzene rings is 3. The van der Waals surface area contributed by atoms with E-state index in [1.807, 2.05) is 79.7 Å². The molecule has 0 aliphatic carbocycles. The van der Waals surface area contributed by atoms with Crippen molar-refractivity contribution in [2.24, 2.45) is 0 Å². The second-order valence-electron chi connectivity index (χ2n) is 6.00. The molecule has 3 heteroatoms. The highest BCUT2D eigenvalue weighted by molar-refractivity contribution is 5.79. The number of para-hydroxylation sites is 1. The van der Waals surface area contributed by atoms with Gasteiger partial charge in [-0.05, 0) is 29.7 Å². The van der Waals surface area contributed by atoms with Crippen molar-refractivity contribution in [2.75, 3.05) is 0 Å². The van der Waals surface area contributed by atoms with E-state index in [4.69, 9.17) is 4.74 Å². The minimum absolute atomic E-state index is 0.0113. The van der Waals surface area contributed by atoms with Crippen LogP contribution in [-0.2, 0) is 17.8 Å². The van der Waals surface area contributed by atoms with E-state index in [-0.39, 0.29) is 6.42 Å². The molecule has 25 heavy (non-hydrogen) atoms. The van der Waals surface area contributed by atoms with Crippen LogP contribution in [0.5, 0.6) is 5.75 Å². The molecule has 0 saturated carbocycles. The summed E-state index contributed by atoms with van der Waals surface area (Å²) in [5.74, 6) is -0.0867. The van der Waals surface area contributed by atoms with Gasteiger partial charge in [-0.25, -0.2) is 0 Å². The van der Waals surface area contributed by atoms with Crippen molar-refractivity contribution in [2.45, 2.75) is 20.0 Å². The minimum Gasteiger partial charge on any atom is -0.488 e. The number of aliphatic carboxylic acids is 1. The Morgan fingerprint density at radius 3 is 2.40 bits per heavy atom. The van der Waals surface area contributed by atoms with Gasteiger partial charge in [0.2, 0.25) is 0 Å². The van der Waals surface area contributed by atoms with E-state index in [1.165, 1.54) is 0 Å². The first-order chi connectivity index (χ1) is 12.1. The molecule has 1 N–H and O–H groups in total. The van der Waals surface area contributed by atoms with Gasteiger partial charge in [0.25, 0.3) is 0 Å². The molecule has 0 unspecified atom stereocenters. The van der Waals surface area contributed by atoms with Crippen molar-refractivity contribution in [3.8, 4) is 16.9 Å². The molecule has 0 radical (unpaired) electrons. The van der Waals surface area contributed by atoms with Gasteiger partial charge in [0, 0.05) is 5.56 Å². The summed E-state index contributed by atoms with van der Waals surface area (Å²) in [6.45, 7) is 2.47. The van der Waals surface area contributed by atoms with Crippen LogP contribution in [0.4, 0.5) is 0 Å². The van der Waals surface area contributed by atoms with Crippen LogP contribution in [0.15, 0.2) is 72.8 Å². The lowest BCUT2D eigenvalue weighted by Crippen LogP contribution is -2.03. The number of carboxylic acids is 1. The number of hydrogen-bond donors (Lipinski definition) is 1. The third kappa shape index (κ3) is 4.27. The molecular formula is C22H20O3. The molecule has 126 valence electrons. The number of rotatable bonds is 6. The molecule has 0 amide bonds. The number of carbonyl (C=O) groups is 1. The van der Waals surface area contributed by atoms with Gasteiger partial charge in [-0.1, -0.05) is 72.3 Å². The molecule has 3 rings (SSSR count). The molecule has 3 nitrogen and oxygen atoms in total.